The molecule has 4 aromatic carbocycles. The van der Waals surface area contributed by atoms with Gasteiger partial charge in [0.15, 0.2) is 0 Å². The molecule has 9 heteroatoms. The second-order valence-corrected chi connectivity index (χ2v) is 26.4. The van der Waals surface area contributed by atoms with Crippen molar-refractivity contribution in [1.29, 1.82) is 0 Å². The van der Waals surface area contributed by atoms with Crippen LogP contribution in [0.4, 0.5) is 0 Å². The summed E-state index contributed by atoms with van der Waals surface area (Å²) in [7, 11) is 0. The van der Waals surface area contributed by atoms with Crippen LogP contribution in [0.2, 0.25) is 0 Å². The van der Waals surface area contributed by atoms with Crippen LogP contribution in [0.5, 0.6) is 0 Å². The van der Waals surface area contributed by atoms with E-state index in [9.17, 15) is 0 Å². The maximum Gasteiger partial charge on any atom is 2.00 e. The van der Waals surface area contributed by atoms with Crippen LogP contribution in [0.15, 0.2) is 81.2 Å². The van der Waals surface area contributed by atoms with Crippen molar-refractivity contribution in [2.24, 2.45) is 21.7 Å². The number of hydrogen-bond donors (Lipinski definition) is 0. The summed E-state index contributed by atoms with van der Waals surface area (Å²) in [6, 6.07) is 27.6. The monoisotopic (exact) mass is 1080 g/mol. The Bertz CT molecular complexity index is 2760. The molecular formula is C53H62N4PtS4. The fraction of sp³-hybridized carbons (Fsp3) is 0.434. The Balaban J connectivity index is 0.00000578. The number of nitrogens with zero attached hydrogens (tertiary/aromatic N) is 4. The third kappa shape index (κ3) is 9.48. The van der Waals surface area contributed by atoms with Gasteiger partial charge in [-0.25, -0.2) is 9.36 Å². The molecule has 0 saturated carbocycles. The van der Waals surface area contributed by atoms with Crippen LogP contribution in [0.3, 0.4) is 0 Å². The van der Waals surface area contributed by atoms with Crippen molar-refractivity contribution >= 4 is 89.9 Å². The standard InChI is InChI=1S/C53H64N4S4.Pt/c1-49(2,3)27-31-17-21-39-37(23-31)45(54-56(39)43-35-19-15-33(29-51(7,8)9)25-41(35)60-47(43)58)53(13,14)46-38-24-32(28-50(4,5)6)18-22-40(38)57(55-46)44-36-20-16-34(30-52(10,11)12)26-42(36)61-48(44)59;/h15-26,58-59H,27-30H2,1-14H3;/q;+2/p-2. The van der Waals surface area contributed by atoms with Crippen LogP contribution in [0.1, 0.15) is 131 Å². The number of benzene rings is 4. The van der Waals surface area contributed by atoms with E-state index in [-0.39, 0.29) is 42.7 Å². The maximum atomic E-state index is 6.23. The minimum atomic E-state index is -0.617. The summed E-state index contributed by atoms with van der Waals surface area (Å²) in [5.41, 5.74) is 11.4. The van der Waals surface area contributed by atoms with Crippen molar-refractivity contribution in [2.45, 2.75) is 136 Å². The van der Waals surface area contributed by atoms with Crippen molar-refractivity contribution in [3.63, 3.8) is 0 Å². The summed E-state index contributed by atoms with van der Waals surface area (Å²) in [6.45, 7) is 32.2. The normalized spacial score (nSPS) is 13.3. The Labute approximate surface area is 403 Å². The third-order valence-corrected chi connectivity index (χ3v) is 14.2. The second kappa shape index (κ2) is 16.4. The van der Waals surface area contributed by atoms with Crippen LogP contribution in [0.25, 0.3) is 53.4 Å². The molecule has 0 aliphatic rings. The van der Waals surface area contributed by atoms with E-state index in [0.717, 1.165) is 89.4 Å². The Morgan fingerprint density at radius 2 is 0.742 bits per heavy atom. The Kier molecular flexibility index (Phi) is 12.4. The first kappa shape index (κ1) is 46.8. The Morgan fingerprint density at radius 1 is 0.435 bits per heavy atom. The molecule has 62 heavy (non-hydrogen) atoms. The van der Waals surface area contributed by atoms with E-state index in [4.69, 9.17) is 35.5 Å². The first-order valence-electron chi connectivity index (χ1n) is 21.7. The molecule has 328 valence electrons. The number of rotatable bonds is 8. The number of hydrogen-bond acceptors (Lipinski definition) is 6. The summed E-state index contributed by atoms with van der Waals surface area (Å²) < 4.78 is 8.41. The number of thiophene rings is 2. The molecule has 0 saturated heterocycles. The van der Waals surface area contributed by atoms with Crippen LogP contribution in [-0.4, -0.2) is 19.6 Å². The van der Waals surface area contributed by atoms with Gasteiger partial charge in [-0.1, -0.05) is 149 Å². The summed E-state index contributed by atoms with van der Waals surface area (Å²) >= 11 is 15.8. The molecule has 0 aliphatic heterocycles. The molecule has 0 radical (unpaired) electrons. The quantitative estimate of drug-likeness (QED) is 0.142. The zero-order valence-corrected chi connectivity index (χ0v) is 44.5. The summed E-state index contributed by atoms with van der Waals surface area (Å²) in [4.78, 5) is 0. The van der Waals surface area contributed by atoms with Crippen LogP contribution >= 0.6 is 22.7 Å². The van der Waals surface area contributed by atoms with E-state index in [1.165, 1.54) is 31.7 Å². The number of fused-ring (bicyclic) bond motifs is 4. The van der Waals surface area contributed by atoms with Gasteiger partial charge in [0.2, 0.25) is 0 Å². The zero-order valence-electron chi connectivity index (χ0n) is 39.0. The first-order valence-corrected chi connectivity index (χ1v) is 24.2. The molecule has 4 aromatic heterocycles. The van der Waals surface area contributed by atoms with Crippen molar-refractivity contribution in [2.75, 3.05) is 0 Å². The van der Waals surface area contributed by atoms with Crippen LogP contribution in [0, 0.1) is 21.7 Å². The maximum absolute atomic E-state index is 6.23. The van der Waals surface area contributed by atoms with Gasteiger partial charge in [-0.05, 0) is 118 Å². The van der Waals surface area contributed by atoms with Crippen LogP contribution < -0.4 is 0 Å². The molecule has 8 rings (SSSR count). The van der Waals surface area contributed by atoms with Crippen molar-refractivity contribution in [3.8, 4) is 11.4 Å². The molecule has 4 nitrogen and oxygen atoms in total. The smallest absolute Gasteiger partial charge is 0.426 e. The first-order chi connectivity index (χ1) is 28.2. The third-order valence-electron chi connectivity index (χ3n) is 11.4. The molecule has 0 amide bonds. The largest absolute Gasteiger partial charge is 2.00 e. The molecule has 4 heterocycles. The molecule has 0 N–H and O–H groups in total. The predicted octanol–water partition coefficient (Wildman–Crippen LogP) is 15.3. The molecule has 0 spiro atoms. The van der Waals surface area contributed by atoms with Crippen molar-refractivity contribution in [1.82, 2.24) is 19.6 Å². The van der Waals surface area contributed by atoms with E-state index in [1.807, 2.05) is 0 Å². The molecule has 0 atom stereocenters. The van der Waals surface area contributed by atoms with Gasteiger partial charge in [-0.15, -0.1) is 0 Å². The van der Waals surface area contributed by atoms with Crippen molar-refractivity contribution < 1.29 is 21.1 Å². The molecule has 0 bridgehead atoms. The predicted molar refractivity (Wildman–Crippen MR) is 269 cm³/mol. The second-order valence-electron chi connectivity index (χ2n) is 22.9. The van der Waals surface area contributed by atoms with E-state index in [1.54, 1.807) is 22.7 Å². The fourth-order valence-electron chi connectivity index (χ4n) is 9.21. The topological polar surface area (TPSA) is 35.6 Å². The van der Waals surface area contributed by atoms with E-state index in [0.29, 0.717) is 0 Å². The zero-order chi connectivity index (χ0) is 44.2. The molecular weight excluding hydrogens is 1020 g/mol. The van der Waals surface area contributed by atoms with E-state index in [2.05, 4.69) is 179 Å². The van der Waals surface area contributed by atoms with E-state index < -0.39 is 5.41 Å². The molecule has 0 fully saturated rings. The summed E-state index contributed by atoms with van der Waals surface area (Å²) in [6.07, 6.45) is 3.92. The average Bonchev–Trinajstić information content (AvgIpc) is 3.84. The van der Waals surface area contributed by atoms with Gasteiger partial charge in [0, 0.05) is 10.8 Å². The van der Waals surface area contributed by atoms with Gasteiger partial charge in [0.25, 0.3) is 0 Å². The van der Waals surface area contributed by atoms with Gasteiger partial charge in [-0.3, -0.25) is 0 Å². The van der Waals surface area contributed by atoms with Gasteiger partial charge in [0.1, 0.15) is 0 Å². The van der Waals surface area contributed by atoms with Gasteiger partial charge < -0.3 is 47.9 Å². The van der Waals surface area contributed by atoms with E-state index >= 15 is 0 Å². The van der Waals surface area contributed by atoms with Crippen molar-refractivity contribution in [3.05, 3.63) is 106 Å². The van der Waals surface area contributed by atoms with Gasteiger partial charge in [0.05, 0.1) is 39.2 Å². The molecule has 0 aliphatic carbocycles. The average molecular weight is 1080 g/mol. The SMILES string of the molecule is CC(C)(C)Cc1ccc2c(-n3nc(C(C)(C)c4nn(-c5c([S-])sc6cc(CC(C)(C)C)ccc56)c5ccc(CC(C)(C)C)cc45)c4cc(CC(C)(C)C)ccc43)c([S-])sc2c1.[Pt+2]. The molecule has 0 unspecified atom stereocenters. The Morgan fingerprint density at radius 3 is 1.06 bits per heavy atom. The summed E-state index contributed by atoms with van der Waals surface area (Å²) in [5, 5.41) is 15.9. The summed E-state index contributed by atoms with van der Waals surface area (Å²) in [5.74, 6) is 0. The van der Waals surface area contributed by atoms with Gasteiger partial charge >= 0.3 is 21.1 Å². The van der Waals surface area contributed by atoms with Gasteiger partial charge in [-0.2, -0.15) is 10.2 Å². The number of aromatic nitrogens is 4. The Hall–Kier alpha value is -3.13. The minimum Gasteiger partial charge on any atom is -0.426 e. The van der Waals surface area contributed by atoms with Crippen LogP contribution in [-0.2, 0) is 77.4 Å². The molecule has 8 aromatic rings. The fourth-order valence-corrected chi connectivity index (χ4v) is 12.1. The minimum absolute atomic E-state index is 0.